The maximum Gasteiger partial charge on any atom is 0.319 e. The Balaban J connectivity index is 2.00. The average molecular weight is 310 g/mol. The van der Waals surface area contributed by atoms with E-state index in [-0.39, 0.29) is 5.97 Å². The number of unbranched alkanes of at least 4 members (excludes halogenated alkanes) is 1. The van der Waals surface area contributed by atoms with Crippen LogP contribution in [0.5, 0.6) is 0 Å². The number of aliphatic hydroxyl groups excluding tert-OH is 1. The molecule has 120 valence electrons. The van der Waals surface area contributed by atoms with Gasteiger partial charge in [0.2, 0.25) is 0 Å². The van der Waals surface area contributed by atoms with Gasteiger partial charge in [-0.05, 0) is 17.5 Å². The lowest BCUT2D eigenvalue weighted by Gasteiger charge is -2.50. The Hall–Kier alpha value is -2.13. The molecule has 3 atom stereocenters. The number of aliphatic hydroxyl groups is 1. The summed E-state index contributed by atoms with van der Waals surface area (Å²) in [5.41, 5.74) is 0.818. The molecular weight excluding hydrogens is 288 g/mol. The summed E-state index contributed by atoms with van der Waals surface area (Å²) < 4.78 is 5.48. The fourth-order valence-corrected chi connectivity index (χ4v) is 3.39. The fraction of sp³-hybridized carbons (Fsp3) is 0.350. The molecule has 3 heteroatoms. The highest BCUT2D eigenvalue weighted by Crippen LogP contribution is 2.57. The molecule has 3 nitrogen and oxygen atoms in total. The summed E-state index contributed by atoms with van der Waals surface area (Å²) in [7, 11) is 0. The second kappa shape index (κ2) is 6.55. The molecule has 23 heavy (non-hydrogen) atoms. The van der Waals surface area contributed by atoms with Crippen LogP contribution in [0.15, 0.2) is 60.7 Å². The number of benzene rings is 2. The zero-order valence-corrected chi connectivity index (χ0v) is 13.3. The Bertz CT molecular complexity index is 610. The van der Waals surface area contributed by atoms with Crippen molar-refractivity contribution in [3.63, 3.8) is 0 Å². The minimum Gasteiger partial charge on any atom is -0.456 e. The maximum absolute atomic E-state index is 12.5. The molecule has 1 unspecified atom stereocenters. The van der Waals surface area contributed by atoms with E-state index in [0.717, 1.165) is 24.0 Å². The van der Waals surface area contributed by atoms with Crippen LogP contribution >= 0.6 is 0 Å². The molecule has 0 radical (unpaired) electrons. The number of hydrogen-bond donors (Lipinski definition) is 1. The first-order valence-corrected chi connectivity index (χ1v) is 8.19. The molecule has 0 amide bonds. The largest absolute Gasteiger partial charge is 0.456 e. The normalized spacial score (nSPS) is 24.6. The summed E-state index contributed by atoms with van der Waals surface area (Å²) in [4.78, 5) is 12.5. The van der Waals surface area contributed by atoms with E-state index < -0.39 is 17.6 Å². The number of hydrogen-bond acceptors (Lipinski definition) is 3. The van der Waals surface area contributed by atoms with E-state index in [0.29, 0.717) is 6.42 Å². The monoisotopic (exact) mass is 310 g/mol. The molecule has 0 bridgehead atoms. The molecule has 0 spiro atoms. The Morgan fingerprint density at radius 3 is 2.26 bits per heavy atom. The number of cyclic esters (lactones) is 1. The smallest absolute Gasteiger partial charge is 0.319 e. The van der Waals surface area contributed by atoms with E-state index >= 15 is 0 Å². The first kappa shape index (κ1) is 15.8. The van der Waals surface area contributed by atoms with Crippen molar-refractivity contribution >= 4 is 5.97 Å². The van der Waals surface area contributed by atoms with Gasteiger partial charge in [-0.1, -0.05) is 80.4 Å². The number of esters is 1. The standard InChI is InChI=1S/C20H22O3/c1-2-3-14-20(17(21)15-10-6-4-7-11-15)18(23-19(20)22)16-12-8-5-9-13-16/h4-13,17-18,21H,2-3,14H2,1H3/t17?,18-,20-/m0/s1. The Morgan fingerprint density at radius 1 is 1.09 bits per heavy atom. The number of rotatable bonds is 6. The van der Waals surface area contributed by atoms with Crippen molar-refractivity contribution in [2.75, 3.05) is 0 Å². The Labute approximate surface area is 136 Å². The van der Waals surface area contributed by atoms with Crippen molar-refractivity contribution in [2.24, 2.45) is 5.41 Å². The van der Waals surface area contributed by atoms with Crippen molar-refractivity contribution in [3.05, 3.63) is 71.8 Å². The molecule has 0 aromatic heterocycles. The highest BCUT2D eigenvalue weighted by atomic mass is 16.6. The number of carbonyl (C=O) groups excluding carboxylic acids is 1. The summed E-state index contributed by atoms with van der Waals surface area (Å²) >= 11 is 0. The van der Waals surface area contributed by atoms with Gasteiger partial charge in [-0.3, -0.25) is 4.79 Å². The second-order valence-corrected chi connectivity index (χ2v) is 6.15. The third kappa shape index (κ3) is 2.66. The highest BCUT2D eigenvalue weighted by Gasteiger charge is 2.62. The minimum absolute atomic E-state index is 0.295. The van der Waals surface area contributed by atoms with Crippen LogP contribution in [0, 0.1) is 5.41 Å². The summed E-state index contributed by atoms with van der Waals surface area (Å²) in [6.07, 6.45) is 1.22. The van der Waals surface area contributed by atoms with Crippen LogP contribution in [-0.4, -0.2) is 11.1 Å². The molecule has 3 rings (SSSR count). The predicted octanol–water partition coefficient (Wildman–Crippen LogP) is 4.19. The van der Waals surface area contributed by atoms with Crippen LogP contribution in [-0.2, 0) is 9.53 Å². The Kier molecular flexibility index (Phi) is 4.49. The number of ether oxygens (including phenoxy) is 1. The summed E-state index contributed by atoms with van der Waals surface area (Å²) in [6.45, 7) is 2.09. The lowest BCUT2D eigenvalue weighted by atomic mass is 9.65. The van der Waals surface area contributed by atoms with Crippen LogP contribution in [0.1, 0.15) is 49.5 Å². The SMILES string of the molecule is CCCC[C@@]1(C(O)c2ccccc2)C(=O)O[C@H]1c1ccccc1. The zero-order chi connectivity index (χ0) is 16.3. The van der Waals surface area contributed by atoms with E-state index in [9.17, 15) is 9.90 Å². The van der Waals surface area contributed by atoms with Crippen molar-refractivity contribution in [1.82, 2.24) is 0 Å². The van der Waals surface area contributed by atoms with Gasteiger partial charge in [0.25, 0.3) is 0 Å². The topological polar surface area (TPSA) is 46.5 Å². The Morgan fingerprint density at radius 2 is 1.70 bits per heavy atom. The second-order valence-electron chi connectivity index (χ2n) is 6.15. The molecule has 1 N–H and O–H groups in total. The minimum atomic E-state index is -0.890. The van der Waals surface area contributed by atoms with Gasteiger partial charge in [0.15, 0.2) is 0 Å². The molecule has 2 aromatic rings. The molecule has 0 saturated carbocycles. The zero-order valence-electron chi connectivity index (χ0n) is 13.3. The van der Waals surface area contributed by atoms with E-state index in [1.54, 1.807) is 0 Å². The van der Waals surface area contributed by atoms with Crippen molar-refractivity contribution in [2.45, 2.75) is 38.4 Å². The third-order valence-corrected chi connectivity index (χ3v) is 4.72. The van der Waals surface area contributed by atoms with Gasteiger partial charge in [-0.15, -0.1) is 0 Å². The van der Waals surface area contributed by atoms with Gasteiger partial charge in [-0.25, -0.2) is 0 Å². The predicted molar refractivity (Wildman–Crippen MR) is 88.6 cm³/mol. The fourth-order valence-electron chi connectivity index (χ4n) is 3.39. The van der Waals surface area contributed by atoms with Gasteiger partial charge in [0.05, 0.1) is 6.10 Å². The van der Waals surface area contributed by atoms with Crippen LogP contribution in [0.3, 0.4) is 0 Å². The molecule has 1 saturated heterocycles. The molecule has 1 aliphatic rings. The molecule has 2 aromatic carbocycles. The maximum atomic E-state index is 12.5. The number of carbonyl (C=O) groups is 1. The first-order valence-electron chi connectivity index (χ1n) is 8.19. The van der Waals surface area contributed by atoms with Gasteiger partial charge in [0, 0.05) is 0 Å². The van der Waals surface area contributed by atoms with E-state index in [4.69, 9.17) is 4.74 Å². The van der Waals surface area contributed by atoms with Gasteiger partial charge < -0.3 is 9.84 Å². The van der Waals surface area contributed by atoms with Gasteiger partial charge in [-0.2, -0.15) is 0 Å². The van der Waals surface area contributed by atoms with Crippen LogP contribution < -0.4 is 0 Å². The van der Waals surface area contributed by atoms with E-state index in [2.05, 4.69) is 6.92 Å². The lowest BCUT2D eigenvalue weighted by Crippen LogP contribution is -2.54. The van der Waals surface area contributed by atoms with Crippen LogP contribution in [0.4, 0.5) is 0 Å². The summed E-state index contributed by atoms with van der Waals surface area (Å²) in [6, 6.07) is 19.1. The van der Waals surface area contributed by atoms with Crippen LogP contribution in [0.25, 0.3) is 0 Å². The molecule has 1 fully saturated rings. The third-order valence-electron chi connectivity index (χ3n) is 4.72. The van der Waals surface area contributed by atoms with E-state index in [1.165, 1.54) is 0 Å². The molecule has 1 heterocycles. The molecule has 1 aliphatic heterocycles. The van der Waals surface area contributed by atoms with Gasteiger partial charge >= 0.3 is 5.97 Å². The van der Waals surface area contributed by atoms with E-state index in [1.807, 2.05) is 60.7 Å². The average Bonchev–Trinajstić information content (AvgIpc) is 2.61. The van der Waals surface area contributed by atoms with Crippen molar-refractivity contribution < 1.29 is 14.6 Å². The van der Waals surface area contributed by atoms with Gasteiger partial charge in [0.1, 0.15) is 11.5 Å². The quantitative estimate of drug-likeness (QED) is 0.814. The first-order chi connectivity index (χ1) is 11.2. The highest BCUT2D eigenvalue weighted by molar-refractivity contribution is 5.84. The lowest BCUT2D eigenvalue weighted by molar-refractivity contribution is -0.231. The molecule has 0 aliphatic carbocycles. The van der Waals surface area contributed by atoms with Crippen molar-refractivity contribution in [1.29, 1.82) is 0 Å². The summed E-state index contributed by atoms with van der Waals surface area (Å²) in [5.74, 6) is -0.295. The molecular formula is C20H22O3. The van der Waals surface area contributed by atoms with Crippen LogP contribution in [0.2, 0.25) is 0 Å². The summed E-state index contributed by atoms with van der Waals surface area (Å²) in [5, 5.41) is 11.0. The van der Waals surface area contributed by atoms with Crippen molar-refractivity contribution in [3.8, 4) is 0 Å².